The third kappa shape index (κ3) is 31.6. The van der Waals surface area contributed by atoms with Gasteiger partial charge in [0.25, 0.3) is 23.6 Å². The molecule has 13 heterocycles. The van der Waals surface area contributed by atoms with Crippen molar-refractivity contribution in [1.82, 2.24) is 55.2 Å². The molecule has 0 aliphatic carbocycles. The maximum atomic E-state index is 13.3. The molecule has 8 aromatic rings. The van der Waals surface area contributed by atoms with E-state index in [1.54, 1.807) is 112 Å². The number of aromatic nitrogens is 6. The van der Waals surface area contributed by atoms with E-state index >= 15 is 0 Å². The summed E-state index contributed by atoms with van der Waals surface area (Å²) in [6, 6.07) is 14.2. The second-order valence-corrected chi connectivity index (χ2v) is 40.1. The minimum Gasteiger partial charge on any atom is -0.459 e. The first-order valence-electron chi connectivity index (χ1n) is 37.2. The molecule has 1 atom stereocenters. The summed E-state index contributed by atoms with van der Waals surface area (Å²) in [4.78, 5) is 131. The summed E-state index contributed by atoms with van der Waals surface area (Å²) in [7, 11) is 0. The van der Waals surface area contributed by atoms with E-state index in [1.807, 2.05) is 32.9 Å². The van der Waals surface area contributed by atoms with Crippen LogP contribution < -0.4 is 21.7 Å². The van der Waals surface area contributed by atoms with Gasteiger partial charge in [-0.05, 0) is 191 Å². The first kappa shape index (κ1) is 98.4. The fourth-order valence-corrected chi connectivity index (χ4v) is 18.7. The van der Waals surface area contributed by atoms with Crippen LogP contribution in [0.2, 0.25) is 35.8 Å². The molecule has 2 saturated heterocycles. The topological polar surface area (TPSA) is 352 Å². The fraction of sp³-hybridized carbons (Fsp3) is 0.462. The first-order chi connectivity index (χ1) is 56.1. The van der Waals surface area contributed by atoms with Crippen molar-refractivity contribution in [2.75, 3.05) is 90.0 Å². The van der Waals surface area contributed by atoms with Crippen LogP contribution in [0.25, 0.3) is 21.1 Å². The lowest BCUT2D eigenvalue weighted by Crippen LogP contribution is -2.45. The molecule has 0 spiro atoms. The highest BCUT2D eigenvalue weighted by Crippen LogP contribution is 2.40. The van der Waals surface area contributed by atoms with Crippen LogP contribution in [0.15, 0.2) is 74.7 Å². The maximum Gasteiger partial charge on any atom is 0.326 e. The molecule has 2 fully saturated rings. The lowest BCUT2D eigenvalue weighted by Gasteiger charge is -2.27. The largest absolute Gasteiger partial charge is 0.459 e. The second-order valence-electron chi connectivity index (χ2n) is 29.8. The molecule has 6 aliphatic rings. The Kier molecular flexibility index (Phi) is 38.1. The van der Waals surface area contributed by atoms with Crippen molar-refractivity contribution in [3.05, 3.63) is 158 Å². The average Bonchev–Trinajstić information content (AvgIpc) is 1.64. The van der Waals surface area contributed by atoms with Gasteiger partial charge in [0, 0.05) is 110 Å². The van der Waals surface area contributed by atoms with Crippen molar-refractivity contribution < 1.29 is 68.6 Å². The van der Waals surface area contributed by atoms with E-state index in [4.69, 9.17) is 122 Å². The van der Waals surface area contributed by atoms with Crippen LogP contribution in [0, 0.1) is 0 Å². The van der Waals surface area contributed by atoms with Gasteiger partial charge in [-0.15, -0.1) is 56.9 Å². The summed E-state index contributed by atoms with van der Waals surface area (Å²) in [6.45, 7) is 21.1. The van der Waals surface area contributed by atoms with E-state index in [0.717, 1.165) is 95.8 Å². The van der Waals surface area contributed by atoms with Crippen LogP contribution in [-0.4, -0.2) is 211 Å². The molecular weight excluding hydrogens is 1910 g/mol. The molecule has 0 bridgehead atoms. The van der Waals surface area contributed by atoms with E-state index in [9.17, 15) is 43.5 Å². The van der Waals surface area contributed by atoms with Crippen molar-refractivity contribution in [1.29, 1.82) is 0 Å². The molecule has 5 amide bonds. The number of ether oxygens (including phenoxy) is 5. The van der Waals surface area contributed by atoms with E-state index in [-0.39, 0.29) is 96.8 Å². The molecule has 14 rings (SSSR count). The molecule has 41 heteroatoms. The average molecular weight is 2010 g/mol. The van der Waals surface area contributed by atoms with Crippen molar-refractivity contribution in [2.24, 2.45) is 5.73 Å². The molecule has 646 valence electrons. The zero-order chi connectivity index (χ0) is 87.2. The highest BCUT2D eigenvalue weighted by molar-refractivity contribution is 9.11. The zero-order valence-corrected chi connectivity index (χ0v) is 78.7. The third-order valence-electron chi connectivity index (χ3n) is 17.0. The standard InChI is InChI=1S/C26H27Cl2N5O4S.C17H17Cl2N3O3S.C13H16BrNO3S.C7H6BrNOS.C6H11ClO2.C5H11NO.C4HCl3N2.H2/c27-16-3-1-2-15(10-16)20(14-34)31-23(35)13-33-7-4-21-18(25(33)36)11-22(38-21)24-19(28)12-29-26(32-24)30-17-5-8-37-9-6-17;1-17(2,3)25-13(23)8-22-5-4-11-9(15(22)24)6-12(26-11)14-10(18)7-20-16(19)21-14;1-13(2,3)18-11(16)7-15-5-4-9-8(12(15)17)6-10(14)19-9;8-6-3-4-5(11-6)1-2-9-7(4)10;1-6(2,3)9-5(8)4-7;6-5-1-3-7-4-2-5;5-2-1-8-4(7)9-3(2)6;/h1-3,10-12,17,20,34H,4-9,13-14H2,(H,31,35)(H,29,30,32);6-7H,4-5,8H2,1-3H3;6H,4-5,7H2,1-3H3;3H,1-2H2,(H,9,10);4H2,1-3H3;5H,1-4,6H2;1H;1H/t20-;;;;;;;/m1......./s1. The Bertz CT molecular complexity index is 4890. The molecular formula is C78H91Br2Cl8N13O14S4. The molecule has 7 aromatic heterocycles. The first-order valence-corrected chi connectivity index (χ1v) is 45.2. The number of amides is 5. The Labute approximate surface area is 763 Å². The molecule has 0 saturated carbocycles. The summed E-state index contributed by atoms with van der Waals surface area (Å²) in [5.74, 6) is -1.55. The number of anilines is 1. The molecule has 6 N–H and O–H groups in total. The number of carbonyl (C=O) groups excluding carboxylic acids is 8. The van der Waals surface area contributed by atoms with Gasteiger partial charge in [-0.3, -0.25) is 38.4 Å². The number of aliphatic hydroxyl groups is 1. The smallest absolute Gasteiger partial charge is 0.326 e. The van der Waals surface area contributed by atoms with Gasteiger partial charge in [0.05, 0.1) is 92.4 Å². The van der Waals surface area contributed by atoms with E-state index in [2.05, 4.69) is 77.7 Å². The van der Waals surface area contributed by atoms with Crippen LogP contribution >= 0.6 is 170 Å². The number of benzene rings is 1. The van der Waals surface area contributed by atoms with E-state index in [0.29, 0.717) is 111 Å². The number of hydrogen-bond donors (Lipinski definition) is 5. The minimum absolute atomic E-state index is 0. The highest BCUT2D eigenvalue weighted by atomic mass is 79.9. The van der Waals surface area contributed by atoms with Crippen LogP contribution in [0.3, 0.4) is 0 Å². The van der Waals surface area contributed by atoms with Crippen molar-refractivity contribution in [3.63, 3.8) is 0 Å². The van der Waals surface area contributed by atoms with Gasteiger partial charge in [-0.2, -0.15) is 0 Å². The zero-order valence-electron chi connectivity index (χ0n) is 66.2. The van der Waals surface area contributed by atoms with Gasteiger partial charge in [-0.1, -0.05) is 70.1 Å². The van der Waals surface area contributed by atoms with Crippen molar-refractivity contribution >= 4 is 223 Å². The SMILES string of the molecule is CC(C)(C)OC(=O)CCl.CC(C)(C)OC(=O)CN1CCc2sc(-c3nc(Cl)ncc3Cl)cc2C1=O.CC(C)(C)OC(=O)CN1CCc2sc(Br)cc2C1=O.Clc1ncc(Cl)c(Cl)n1.NC1CCOCC1.O=C(CN1CCc2sc(-c3nc(NC4CCOCC4)ncc3Cl)cc2C1=O)N[C@H](CO)c1cccc(Cl)c1.O=C1NCCc2sc(Br)cc21.[HH]. The lowest BCUT2D eigenvalue weighted by molar-refractivity contribution is -0.156. The van der Waals surface area contributed by atoms with E-state index < -0.39 is 28.8 Å². The van der Waals surface area contributed by atoms with Crippen LogP contribution in [0.1, 0.15) is 162 Å². The number of halogens is 10. The van der Waals surface area contributed by atoms with Crippen molar-refractivity contribution in [2.45, 2.75) is 149 Å². The predicted molar refractivity (Wildman–Crippen MR) is 477 cm³/mol. The number of hydrogen-bond acceptors (Lipinski definition) is 26. The summed E-state index contributed by atoms with van der Waals surface area (Å²) in [5, 5.41) is 20.7. The van der Waals surface area contributed by atoms with Crippen LogP contribution in [0.5, 0.6) is 0 Å². The molecule has 0 radical (unpaired) electrons. The Balaban J connectivity index is 0.000000210. The van der Waals surface area contributed by atoms with Gasteiger partial charge in [0.2, 0.25) is 22.4 Å². The van der Waals surface area contributed by atoms with E-state index in [1.165, 1.54) is 49.7 Å². The summed E-state index contributed by atoms with van der Waals surface area (Å²) in [6.07, 6.45) is 11.2. The molecule has 27 nitrogen and oxygen atoms in total. The predicted octanol–water partition coefficient (Wildman–Crippen LogP) is 16.8. The third-order valence-corrected chi connectivity index (χ3v) is 24.8. The maximum absolute atomic E-state index is 13.3. The minimum atomic E-state index is -0.617. The lowest BCUT2D eigenvalue weighted by atomic mass is 10.1. The molecule has 1 aromatic carbocycles. The Morgan fingerprint density at radius 1 is 0.588 bits per heavy atom. The quantitative estimate of drug-likeness (QED) is 0.0222. The summed E-state index contributed by atoms with van der Waals surface area (Å²) >= 11 is 58.8. The molecule has 6 aliphatic heterocycles. The Morgan fingerprint density at radius 2 is 1.03 bits per heavy atom. The number of nitrogens with zero attached hydrogens (tertiary/aromatic N) is 9. The number of aliphatic hydroxyl groups excluding tert-OH is 1. The fourth-order valence-electron chi connectivity index (χ4n) is 11.7. The van der Waals surface area contributed by atoms with Crippen LogP contribution in [-0.2, 0) is 68.5 Å². The number of thiophene rings is 4. The Hall–Kier alpha value is -6.06. The van der Waals surface area contributed by atoms with Crippen molar-refractivity contribution in [3.8, 4) is 21.1 Å². The van der Waals surface area contributed by atoms with Crippen LogP contribution in [0.4, 0.5) is 5.95 Å². The molecule has 0 unspecified atom stereocenters. The second kappa shape index (κ2) is 46.1. The number of rotatable bonds is 14. The number of fused-ring (bicyclic) bond motifs is 4. The van der Waals surface area contributed by atoms with Gasteiger partial charge in [-0.25, -0.2) is 29.9 Å². The monoisotopic (exact) mass is 2000 g/mol. The molecule has 119 heavy (non-hydrogen) atoms. The van der Waals surface area contributed by atoms with Gasteiger partial charge >= 0.3 is 17.9 Å². The van der Waals surface area contributed by atoms with Gasteiger partial charge in [0.15, 0.2) is 5.15 Å². The number of nitrogens with one attached hydrogen (secondary N) is 3. The summed E-state index contributed by atoms with van der Waals surface area (Å²) in [5.41, 5.74) is 8.45. The van der Waals surface area contributed by atoms with Gasteiger partial charge in [0.1, 0.15) is 47.2 Å². The highest BCUT2D eigenvalue weighted by Gasteiger charge is 2.34. The normalized spacial score (nSPS) is 15.5. The number of carbonyl (C=O) groups is 8. The number of esters is 3. The Morgan fingerprint density at radius 3 is 1.49 bits per heavy atom. The number of alkyl halides is 1. The summed E-state index contributed by atoms with van der Waals surface area (Å²) < 4.78 is 27.8. The van der Waals surface area contributed by atoms with Gasteiger partial charge < -0.3 is 65.2 Å². The number of nitrogens with two attached hydrogens (primary N) is 1.